The topological polar surface area (TPSA) is 18.5 Å². The van der Waals surface area contributed by atoms with Gasteiger partial charge in [-0.2, -0.15) is 0 Å². The van der Waals surface area contributed by atoms with Crippen LogP contribution in [0.5, 0.6) is 0 Å². The van der Waals surface area contributed by atoms with E-state index in [4.69, 9.17) is 9.47 Å². The van der Waals surface area contributed by atoms with Crippen LogP contribution in [0.15, 0.2) is 30.3 Å². The molecule has 2 saturated carbocycles. The Balaban J connectivity index is 1.55. The quantitative estimate of drug-likeness (QED) is 0.751. The predicted molar refractivity (Wildman–Crippen MR) is 87.4 cm³/mol. The second-order valence-electron chi connectivity index (χ2n) is 7.67. The van der Waals surface area contributed by atoms with Crippen LogP contribution in [0.3, 0.4) is 0 Å². The molecule has 0 amide bonds. The predicted octanol–water partition coefficient (Wildman–Crippen LogP) is 3.29. The van der Waals surface area contributed by atoms with Gasteiger partial charge in [0.25, 0.3) is 0 Å². The van der Waals surface area contributed by atoms with Gasteiger partial charge in [0.1, 0.15) is 0 Å². The summed E-state index contributed by atoms with van der Waals surface area (Å²) < 4.78 is 14.5. The van der Waals surface area contributed by atoms with E-state index in [9.17, 15) is 0 Å². The van der Waals surface area contributed by atoms with Gasteiger partial charge in [0.15, 0.2) is 0 Å². The third-order valence-electron chi connectivity index (χ3n) is 6.90. The first-order valence-corrected chi connectivity index (χ1v) is 10.6. The van der Waals surface area contributed by atoms with E-state index in [-0.39, 0.29) is 17.3 Å². The van der Waals surface area contributed by atoms with Gasteiger partial charge >= 0.3 is 139 Å². The Morgan fingerprint density at radius 3 is 2.86 bits per heavy atom. The fourth-order valence-electron chi connectivity index (χ4n) is 5.83. The van der Waals surface area contributed by atoms with Gasteiger partial charge in [-0.05, 0) is 0 Å². The molecule has 6 rings (SSSR count). The molecule has 0 radical (unpaired) electrons. The third kappa shape index (κ3) is 1.69. The molecule has 0 spiro atoms. The molecule has 0 N–H and O–H groups in total. The fraction of sp³-hybridized carbons (Fsp3) is 0.684. The van der Waals surface area contributed by atoms with E-state index >= 15 is 0 Å². The summed E-state index contributed by atoms with van der Waals surface area (Å²) in [7, 11) is 0. The van der Waals surface area contributed by atoms with E-state index in [2.05, 4.69) is 37.3 Å². The van der Waals surface area contributed by atoms with Crippen LogP contribution in [0.4, 0.5) is 0 Å². The first-order chi connectivity index (χ1) is 10.7. The van der Waals surface area contributed by atoms with Crippen molar-refractivity contribution in [2.75, 3.05) is 0 Å². The molecule has 1 aromatic carbocycles. The van der Waals surface area contributed by atoms with Crippen molar-refractivity contribution in [1.82, 2.24) is 0 Å². The van der Waals surface area contributed by atoms with Gasteiger partial charge < -0.3 is 0 Å². The summed E-state index contributed by atoms with van der Waals surface area (Å²) in [6.07, 6.45) is 8.21. The second kappa shape index (κ2) is 4.83. The van der Waals surface area contributed by atoms with Gasteiger partial charge in [0, 0.05) is 0 Å². The Morgan fingerprint density at radius 1 is 1.14 bits per heavy atom. The van der Waals surface area contributed by atoms with Crippen LogP contribution in [-0.2, 0) is 9.47 Å². The van der Waals surface area contributed by atoms with Crippen molar-refractivity contribution in [3.8, 4) is 0 Å². The molecule has 22 heavy (non-hydrogen) atoms. The first kappa shape index (κ1) is 14.0. The molecule has 5 aliphatic rings. The Kier molecular flexibility index (Phi) is 3.08. The molecule has 0 aromatic heterocycles. The van der Waals surface area contributed by atoms with E-state index in [0.29, 0.717) is 21.1 Å². The van der Waals surface area contributed by atoms with Gasteiger partial charge in [-0.1, -0.05) is 0 Å². The van der Waals surface area contributed by atoms with Gasteiger partial charge in [-0.15, -0.1) is 0 Å². The van der Waals surface area contributed by atoms with Crippen LogP contribution in [0.1, 0.15) is 45.4 Å². The number of hydrogen-bond acceptors (Lipinski definition) is 2. The zero-order chi connectivity index (χ0) is 14.8. The van der Waals surface area contributed by atoms with E-state index < -0.39 is 0 Å². The average molecular weight is 363 g/mol. The molecule has 3 heterocycles. The maximum absolute atomic E-state index is 6.70. The zero-order valence-electron chi connectivity index (χ0n) is 13.2. The van der Waals surface area contributed by atoms with Crippen LogP contribution in [-0.4, -0.2) is 33.0 Å². The minimum atomic E-state index is 0.0894. The first-order valence-electron chi connectivity index (χ1n) is 8.77. The minimum absolute atomic E-state index is 0.0894. The second-order valence-corrected chi connectivity index (χ2v) is 10.3. The molecule has 5 fully saturated rings. The fourth-order valence-corrected chi connectivity index (χ4v) is 9.00. The van der Waals surface area contributed by atoms with Crippen LogP contribution < -0.4 is 4.46 Å². The van der Waals surface area contributed by atoms with Crippen molar-refractivity contribution in [1.29, 1.82) is 0 Å². The molecule has 2 nitrogen and oxygen atoms in total. The number of hydrogen-bond donors (Lipinski definition) is 0. The van der Waals surface area contributed by atoms with Crippen molar-refractivity contribution >= 4 is 19.4 Å². The summed E-state index contributed by atoms with van der Waals surface area (Å²) in [6.45, 7) is 2.50. The third-order valence-corrected chi connectivity index (χ3v) is 9.93. The molecule has 1 aromatic rings. The van der Waals surface area contributed by atoms with E-state index in [1.54, 1.807) is 0 Å². The number of benzene rings is 1. The number of rotatable bonds is 2. The van der Waals surface area contributed by atoms with Gasteiger partial charge in [0.2, 0.25) is 0 Å². The monoisotopic (exact) mass is 364 g/mol. The molecule has 0 unspecified atom stereocenters. The van der Waals surface area contributed by atoms with E-state index in [1.807, 2.05) is 0 Å². The zero-order valence-corrected chi connectivity index (χ0v) is 14.9. The summed E-state index contributed by atoms with van der Waals surface area (Å²) in [5, 5.41) is 0. The molecule has 5 bridgehead atoms. The van der Waals surface area contributed by atoms with E-state index in [0.717, 1.165) is 17.2 Å². The van der Waals surface area contributed by atoms with Crippen LogP contribution in [0.25, 0.3) is 0 Å². The summed E-state index contributed by atoms with van der Waals surface area (Å²) in [5.41, 5.74) is 0.370. The van der Waals surface area contributed by atoms with Crippen LogP contribution in [0, 0.1) is 11.3 Å². The van der Waals surface area contributed by atoms with Crippen molar-refractivity contribution < 1.29 is 9.47 Å². The molecule has 118 valence electrons. The summed E-state index contributed by atoms with van der Waals surface area (Å²) >= 11 is 0.509. The summed E-state index contributed by atoms with van der Waals surface area (Å²) in [6, 6.07) is 11.1. The van der Waals surface area contributed by atoms with Crippen LogP contribution in [0.2, 0.25) is 4.82 Å². The van der Waals surface area contributed by atoms with Crippen molar-refractivity contribution in [2.45, 2.75) is 68.3 Å². The van der Waals surface area contributed by atoms with Crippen molar-refractivity contribution in [2.24, 2.45) is 11.3 Å². The normalized spacial score (nSPS) is 49.1. The Bertz CT molecular complexity index is 566. The SMILES string of the molecule is C[C@@]12[C@H]3CC[C@@H]([Se]c4ccccc4)[C@@]14CCC[C@@H]2O[C@@H](C3)O4. The molecule has 2 aliphatic carbocycles. The Labute approximate surface area is 139 Å². The maximum atomic E-state index is 6.70. The molecule has 6 atom stereocenters. The molecule has 3 aliphatic heterocycles. The summed E-state index contributed by atoms with van der Waals surface area (Å²) in [5.74, 6) is 0.827. The van der Waals surface area contributed by atoms with E-state index in [1.165, 1.54) is 36.6 Å². The van der Waals surface area contributed by atoms with Gasteiger partial charge in [-0.3, -0.25) is 0 Å². The van der Waals surface area contributed by atoms with Gasteiger partial charge in [0.05, 0.1) is 0 Å². The van der Waals surface area contributed by atoms with Crippen molar-refractivity contribution in [3.63, 3.8) is 0 Å². The van der Waals surface area contributed by atoms with Gasteiger partial charge in [-0.25, -0.2) is 0 Å². The van der Waals surface area contributed by atoms with Crippen LogP contribution >= 0.6 is 0 Å². The molecular weight excluding hydrogens is 339 g/mol. The van der Waals surface area contributed by atoms with Crippen molar-refractivity contribution in [3.05, 3.63) is 30.3 Å². The summed E-state index contributed by atoms with van der Waals surface area (Å²) in [4.78, 5) is 0.721. The Hall–Kier alpha value is -0.341. The number of ether oxygens (including phenoxy) is 2. The molecular formula is C19H24O2Se. The standard InChI is InChI=1S/C19H24O2Se/c1-18-13-9-10-16(22-14-6-3-2-4-7-14)19(18)11-5-8-15(18)20-17(12-13)21-19/h2-4,6-7,13,15-17H,5,8-12H2,1H3/t13-,15-,16+,17+,18-,19-/m0/s1. The average Bonchev–Trinajstić information content (AvgIpc) is 2.50. The molecule has 3 saturated heterocycles. The molecule has 3 heteroatoms. The Morgan fingerprint density at radius 2 is 2.00 bits per heavy atom.